The van der Waals surface area contributed by atoms with Crippen molar-refractivity contribution in [3.8, 4) is 5.75 Å². The molecule has 2 N–H and O–H groups in total. The fourth-order valence-electron chi connectivity index (χ4n) is 2.85. The zero-order valence-electron chi connectivity index (χ0n) is 14.9. The Kier molecular flexibility index (Phi) is 7.09. The topological polar surface area (TPSA) is 48.4 Å². The van der Waals surface area contributed by atoms with Gasteiger partial charge in [0.1, 0.15) is 5.75 Å². The van der Waals surface area contributed by atoms with Crippen LogP contribution in [0.2, 0.25) is 5.02 Å². The molecule has 0 aliphatic heterocycles. The highest BCUT2D eigenvalue weighted by atomic mass is 35.5. The summed E-state index contributed by atoms with van der Waals surface area (Å²) >= 11 is 6.04. The van der Waals surface area contributed by atoms with Gasteiger partial charge >= 0.3 is 0 Å². The molecular formula is C20H23Cl2N3O. The third-order valence-electron chi connectivity index (χ3n) is 4.36. The van der Waals surface area contributed by atoms with Gasteiger partial charge in [-0.15, -0.1) is 12.4 Å². The van der Waals surface area contributed by atoms with E-state index >= 15 is 0 Å². The number of fused-ring (bicyclic) bond motifs is 1. The fraction of sp³-hybridized carbons (Fsp3) is 0.250. The van der Waals surface area contributed by atoms with Gasteiger partial charge in [-0.25, -0.2) is 0 Å². The molecule has 0 saturated heterocycles. The lowest BCUT2D eigenvalue weighted by Gasteiger charge is -2.19. The molecule has 0 unspecified atom stereocenters. The van der Waals surface area contributed by atoms with Gasteiger partial charge in [-0.1, -0.05) is 31.5 Å². The Bertz CT molecular complexity index is 882. The predicted octanol–water partition coefficient (Wildman–Crippen LogP) is 5.60. The van der Waals surface area contributed by atoms with Crippen LogP contribution in [0.3, 0.4) is 0 Å². The molecule has 2 aromatic carbocycles. The van der Waals surface area contributed by atoms with Crippen LogP contribution < -0.4 is 5.32 Å². The smallest absolute Gasteiger partial charge is 0.122 e. The van der Waals surface area contributed by atoms with Crippen molar-refractivity contribution >= 4 is 46.3 Å². The molecule has 0 atom stereocenters. The van der Waals surface area contributed by atoms with Gasteiger partial charge in [-0.05, 0) is 43.4 Å². The number of hydrogen-bond acceptors (Lipinski definition) is 4. The van der Waals surface area contributed by atoms with Crippen molar-refractivity contribution in [2.45, 2.75) is 20.4 Å². The Hall–Kier alpha value is -2.01. The molecule has 26 heavy (non-hydrogen) atoms. The van der Waals surface area contributed by atoms with Gasteiger partial charge < -0.3 is 10.4 Å². The molecule has 0 amide bonds. The van der Waals surface area contributed by atoms with Crippen LogP contribution in [0.15, 0.2) is 48.7 Å². The van der Waals surface area contributed by atoms with E-state index in [0.717, 1.165) is 47.5 Å². The molecule has 0 fully saturated rings. The summed E-state index contributed by atoms with van der Waals surface area (Å²) in [5.74, 6) is 0.304. The second-order valence-electron chi connectivity index (χ2n) is 5.95. The van der Waals surface area contributed by atoms with E-state index in [0.29, 0.717) is 10.8 Å². The molecule has 3 aromatic rings. The molecule has 0 radical (unpaired) electrons. The second kappa shape index (κ2) is 9.08. The molecule has 1 heterocycles. The minimum Gasteiger partial charge on any atom is -0.508 e. The molecule has 0 bridgehead atoms. The zero-order valence-corrected chi connectivity index (χ0v) is 16.4. The van der Waals surface area contributed by atoms with Crippen LogP contribution in [0.25, 0.3) is 10.9 Å². The SMILES string of the molecule is CCN(CC)Cc1ccc(Nc2ccnc3cc(Cl)ccc23)cc1O.Cl. The van der Waals surface area contributed by atoms with E-state index in [4.69, 9.17) is 11.6 Å². The minimum absolute atomic E-state index is 0. The van der Waals surface area contributed by atoms with E-state index in [2.05, 4.69) is 29.0 Å². The van der Waals surface area contributed by atoms with Gasteiger partial charge in [0.15, 0.2) is 0 Å². The van der Waals surface area contributed by atoms with Crippen molar-refractivity contribution in [3.63, 3.8) is 0 Å². The summed E-state index contributed by atoms with van der Waals surface area (Å²) in [5.41, 5.74) is 3.53. The van der Waals surface area contributed by atoms with Gasteiger partial charge in [-0.2, -0.15) is 0 Å². The maximum Gasteiger partial charge on any atom is 0.122 e. The summed E-state index contributed by atoms with van der Waals surface area (Å²) < 4.78 is 0. The first-order chi connectivity index (χ1) is 12.1. The van der Waals surface area contributed by atoms with E-state index in [9.17, 15) is 5.11 Å². The van der Waals surface area contributed by atoms with Gasteiger partial charge in [-0.3, -0.25) is 9.88 Å². The van der Waals surface area contributed by atoms with E-state index in [1.807, 2.05) is 36.4 Å². The third kappa shape index (κ3) is 4.58. The first kappa shape index (κ1) is 20.3. The summed E-state index contributed by atoms with van der Waals surface area (Å²) in [6, 6.07) is 13.3. The van der Waals surface area contributed by atoms with E-state index in [1.165, 1.54) is 0 Å². The van der Waals surface area contributed by atoms with E-state index < -0.39 is 0 Å². The van der Waals surface area contributed by atoms with Crippen LogP contribution in [0.5, 0.6) is 5.75 Å². The van der Waals surface area contributed by atoms with Crippen LogP contribution in [0, 0.1) is 0 Å². The lowest BCUT2D eigenvalue weighted by Crippen LogP contribution is -2.22. The number of rotatable bonds is 6. The number of nitrogens with zero attached hydrogens (tertiary/aromatic N) is 2. The van der Waals surface area contributed by atoms with Crippen molar-refractivity contribution in [2.75, 3.05) is 18.4 Å². The van der Waals surface area contributed by atoms with Crippen LogP contribution in [-0.2, 0) is 6.54 Å². The molecule has 138 valence electrons. The average Bonchev–Trinajstić information content (AvgIpc) is 2.61. The number of phenols is 1. The Morgan fingerprint density at radius 2 is 1.85 bits per heavy atom. The Labute approximate surface area is 165 Å². The fourth-order valence-corrected chi connectivity index (χ4v) is 3.02. The van der Waals surface area contributed by atoms with E-state index in [1.54, 1.807) is 12.3 Å². The molecule has 0 saturated carbocycles. The summed E-state index contributed by atoms with van der Waals surface area (Å²) in [7, 11) is 0. The number of nitrogens with one attached hydrogen (secondary N) is 1. The first-order valence-electron chi connectivity index (χ1n) is 8.46. The Morgan fingerprint density at radius 1 is 1.08 bits per heavy atom. The van der Waals surface area contributed by atoms with Crippen LogP contribution >= 0.6 is 24.0 Å². The maximum absolute atomic E-state index is 10.4. The minimum atomic E-state index is 0. The number of benzene rings is 2. The van der Waals surface area contributed by atoms with Crippen molar-refractivity contribution in [3.05, 3.63) is 59.2 Å². The standard InChI is InChI=1S/C20H22ClN3O.ClH/c1-3-24(4-2)13-14-5-7-16(12-20(14)25)23-18-9-10-22-19-11-15(21)6-8-17(18)19;/h5-12,25H,3-4,13H2,1-2H3,(H,22,23);1H. The van der Waals surface area contributed by atoms with Gasteiger partial charge in [0.25, 0.3) is 0 Å². The zero-order chi connectivity index (χ0) is 17.8. The van der Waals surface area contributed by atoms with Gasteiger partial charge in [0.2, 0.25) is 0 Å². The number of phenolic OH excluding ortho intramolecular Hbond substituents is 1. The molecular weight excluding hydrogens is 369 g/mol. The molecule has 0 aliphatic carbocycles. The number of aromatic hydroxyl groups is 1. The third-order valence-corrected chi connectivity index (χ3v) is 4.59. The van der Waals surface area contributed by atoms with Gasteiger partial charge in [0.05, 0.1) is 5.52 Å². The molecule has 3 rings (SSSR count). The summed E-state index contributed by atoms with van der Waals surface area (Å²) in [5, 5.41) is 15.4. The quantitative estimate of drug-likeness (QED) is 0.573. The van der Waals surface area contributed by atoms with Crippen LogP contribution in [0.1, 0.15) is 19.4 Å². The lowest BCUT2D eigenvalue weighted by molar-refractivity contribution is 0.291. The average molecular weight is 392 g/mol. The monoisotopic (exact) mass is 391 g/mol. The Balaban J connectivity index is 0.00000243. The normalized spacial score (nSPS) is 10.8. The van der Waals surface area contributed by atoms with E-state index in [-0.39, 0.29) is 12.4 Å². The van der Waals surface area contributed by atoms with Crippen molar-refractivity contribution in [1.29, 1.82) is 0 Å². The number of aromatic nitrogens is 1. The molecule has 0 spiro atoms. The van der Waals surface area contributed by atoms with Crippen molar-refractivity contribution in [1.82, 2.24) is 9.88 Å². The molecule has 6 heteroatoms. The highest BCUT2D eigenvalue weighted by Gasteiger charge is 2.08. The number of halogens is 2. The van der Waals surface area contributed by atoms with Gasteiger partial charge in [0, 0.05) is 46.2 Å². The molecule has 4 nitrogen and oxygen atoms in total. The Morgan fingerprint density at radius 3 is 2.54 bits per heavy atom. The number of anilines is 2. The van der Waals surface area contributed by atoms with Crippen molar-refractivity contribution < 1.29 is 5.11 Å². The first-order valence-corrected chi connectivity index (χ1v) is 8.84. The molecule has 1 aromatic heterocycles. The summed E-state index contributed by atoms with van der Waals surface area (Å²) in [4.78, 5) is 6.61. The summed E-state index contributed by atoms with van der Waals surface area (Å²) in [6.07, 6.45) is 1.75. The number of hydrogen-bond donors (Lipinski definition) is 2. The highest BCUT2D eigenvalue weighted by Crippen LogP contribution is 2.29. The van der Waals surface area contributed by atoms with Crippen LogP contribution in [0.4, 0.5) is 11.4 Å². The van der Waals surface area contributed by atoms with Crippen LogP contribution in [-0.4, -0.2) is 28.1 Å². The van der Waals surface area contributed by atoms with Crippen molar-refractivity contribution in [2.24, 2.45) is 0 Å². The maximum atomic E-state index is 10.4. The largest absolute Gasteiger partial charge is 0.508 e. The highest BCUT2D eigenvalue weighted by molar-refractivity contribution is 6.31. The second-order valence-corrected chi connectivity index (χ2v) is 6.39. The molecule has 0 aliphatic rings. The predicted molar refractivity (Wildman–Crippen MR) is 112 cm³/mol. The lowest BCUT2D eigenvalue weighted by atomic mass is 10.1. The summed E-state index contributed by atoms with van der Waals surface area (Å²) in [6.45, 7) is 6.91. The number of pyridine rings is 1.